The second-order valence-electron chi connectivity index (χ2n) is 27.6. The fraction of sp³-hybridized carbons (Fsp3) is 0.565. The molecule has 536 valence electrons. The minimum Gasteiger partial charge on any atom is -0.488 e. The number of likely N-dealkylation sites (N-methyl/N-ethyl adjacent to an activating group) is 4. The Morgan fingerprint density at radius 1 is 0.646 bits per heavy atom. The number of amides is 10. The van der Waals surface area contributed by atoms with E-state index >= 15 is 19.2 Å². The summed E-state index contributed by atoms with van der Waals surface area (Å²) in [5.41, 5.74) is 3.57. The molecule has 5 heterocycles. The largest absolute Gasteiger partial charge is 0.488 e. The Morgan fingerprint density at radius 2 is 1.09 bits per heavy atom. The number of benzene rings is 3. The molecule has 10 unspecified atom stereocenters. The molecule has 0 spiro atoms. The van der Waals surface area contributed by atoms with E-state index in [1.807, 2.05) is 0 Å². The maximum atomic E-state index is 15.7. The first-order valence-corrected chi connectivity index (χ1v) is 33.7. The zero-order chi connectivity index (χ0) is 73.2. The van der Waals surface area contributed by atoms with Crippen LogP contribution >= 0.6 is 11.6 Å². The third-order valence-corrected chi connectivity index (χ3v) is 19.2. The summed E-state index contributed by atoms with van der Waals surface area (Å²) in [4.78, 5) is 202. The Labute approximate surface area is 579 Å². The number of fused-ring (bicyclic) bond motifs is 4. The van der Waals surface area contributed by atoms with Crippen molar-refractivity contribution < 1.29 is 76.2 Å². The molecule has 0 bridgehead atoms. The van der Waals surface area contributed by atoms with Crippen LogP contribution in [0.1, 0.15) is 132 Å². The van der Waals surface area contributed by atoms with E-state index in [-0.39, 0.29) is 66.3 Å². The van der Waals surface area contributed by atoms with Gasteiger partial charge in [0.1, 0.15) is 84.1 Å². The van der Waals surface area contributed by atoms with Crippen molar-refractivity contribution in [1.29, 1.82) is 0 Å². The first kappa shape index (κ1) is 75.4. The second-order valence-corrected chi connectivity index (χ2v) is 28.0. The third kappa shape index (κ3) is 15.7. The normalized spacial score (nSPS) is 24.9. The lowest BCUT2D eigenvalue weighted by atomic mass is 9.98. The molecule has 30 heteroatoms. The number of nitrogens with one attached hydrogen (secondary N) is 4. The predicted octanol–water partition coefficient (Wildman–Crippen LogP) is 2.96. The standard InChI is InChI=1S/C69H91ClN12O17/c1-31(2)49-66(92)81-25-17-19-42(81)64(90)77(13)28-45(83)79(15)55(33(5)6)68(94)97-37(11)51(62(88)73-49)75-60(86)41-27-44(96-30-39-21-23-40(70)24-22-39)35(9)58-53(41)72-54-47(48(71)57(85)36(10)59(54)99-58)61(87)76-52-38(12)98-69(95)56(34(7)8)80(16)46(84)29-78(14)65(91)43-20-18-26-82(43)67(93)50(32(3)4)74-63(52)89/h21-24,27,31-34,37-38,42-43,49-52,55-56H,17-20,25-26,28-30,71H2,1-16H3,(H,73,88)(H,74,89)(H,75,86)(H,76,87). The highest BCUT2D eigenvalue weighted by atomic mass is 35.5. The summed E-state index contributed by atoms with van der Waals surface area (Å²) >= 11 is 6.22. The molecule has 2 aromatic rings. The predicted molar refractivity (Wildman–Crippen MR) is 361 cm³/mol. The maximum absolute atomic E-state index is 15.7. The summed E-state index contributed by atoms with van der Waals surface area (Å²) in [7, 11) is 5.56. The van der Waals surface area contributed by atoms with Gasteiger partial charge < -0.3 is 75.0 Å². The molecule has 4 fully saturated rings. The molecule has 5 aliphatic heterocycles. The highest BCUT2D eigenvalue weighted by Gasteiger charge is 2.47. The fourth-order valence-corrected chi connectivity index (χ4v) is 13.3. The Morgan fingerprint density at radius 3 is 1.53 bits per heavy atom. The van der Waals surface area contributed by atoms with Crippen LogP contribution in [-0.2, 0) is 64.0 Å². The molecule has 6 aliphatic rings. The molecule has 0 saturated carbocycles. The van der Waals surface area contributed by atoms with E-state index in [4.69, 9.17) is 40.9 Å². The van der Waals surface area contributed by atoms with Crippen LogP contribution in [0.5, 0.6) is 5.75 Å². The molecule has 0 aromatic heterocycles. The summed E-state index contributed by atoms with van der Waals surface area (Å²) < 4.78 is 25.0. The minimum atomic E-state index is -1.93. The number of rotatable bonds is 11. The van der Waals surface area contributed by atoms with Crippen molar-refractivity contribution in [2.24, 2.45) is 23.7 Å². The molecular weight excluding hydrogens is 1300 g/mol. The average Bonchev–Trinajstić information content (AvgIpc) is 1.18. The topological polar surface area (TPSA) is 369 Å². The van der Waals surface area contributed by atoms with E-state index in [1.54, 1.807) is 86.6 Å². The van der Waals surface area contributed by atoms with Crippen LogP contribution in [0.15, 0.2) is 39.5 Å². The SMILES string of the molecule is Cc1c2oc3c(C)c(OCc4ccc(Cl)cc4)cc(C(=O)NC4C(=O)NC(C(C)C)C(=O)N5CCCC5C(=O)N(C)CC(=O)N(C)C(C(C)C)C(=O)OC4C)c3nc-2c(C(=O)NC2C(=O)NC(C(C)C)C(=O)N3CCCC3C(=O)N(C)CC(=O)N(C)C(C(C)C)C(=O)OC2C)c(N)c1=O. The van der Waals surface area contributed by atoms with Crippen LogP contribution in [-0.4, -0.2) is 220 Å². The van der Waals surface area contributed by atoms with Crippen molar-refractivity contribution in [3.63, 3.8) is 0 Å². The van der Waals surface area contributed by atoms with Gasteiger partial charge in [0.15, 0.2) is 11.3 Å². The number of aryl methyl sites for hydroxylation is 1. The van der Waals surface area contributed by atoms with Crippen molar-refractivity contribution in [3.05, 3.63) is 73.4 Å². The number of nitrogens with zero attached hydrogens (tertiary/aromatic N) is 7. The third-order valence-electron chi connectivity index (χ3n) is 19.0. The lowest BCUT2D eigenvalue weighted by molar-refractivity contribution is -0.163. The minimum absolute atomic E-state index is 0.00308. The number of hydrogen-bond acceptors (Lipinski definition) is 19. The van der Waals surface area contributed by atoms with Crippen LogP contribution in [0.4, 0.5) is 5.69 Å². The smallest absolute Gasteiger partial charge is 0.329 e. The molecule has 10 atom stereocenters. The number of nitrogen functional groups attached to an aromatic ring is 1. The van der Waals surface area contributed by atoms with Gasteiger partial charge in [0.25, 0.3) is 11.8 Å². The summed E-state index contributed by atoms with van der Waals surface area (Å²) in [6.45, 7) is 18.0. The second kappa shape index (κ2) is 30.8. The molecule has 4 saturated heterocycles. The number of hydrogen-bond donors (Lipinski definition) is 5. The number of ether oxygens (including phenoxy) is 3. The van der Waals surface area contributed by atoms with Gasteiger partial charge in [-0.25, -0.2) is 14.6 Å². The van der Waals surface area contributed by atoms with Crippen LogP contribution in [0, 0.1) is 37.5 Å². The van der Waals surface area contributed by atoms with Crippen molar-refractivity contribution in [2.45, 2.75) is 176 Å². The molecular formula is C69H91ClN12O17. The Bertz CT molecular complexity index is 3890. The highest BCUT2D eigenvalue weighted by Crippen LogP contribution is 2.38. The number of halogens is 1. The molecule has 1 aliphatic carbocycles. The Kier molecular flexibility index (Phi) is 23.4. The van der Waals surface area contributed by atoms with E-state index < -0.39 is 196 Å². The number of esters is 2. The van der Waals surface area contributed by atoms with Crippen LogP contribution in [0.3, 0.4) is 0 Å². The average molecular weight is 1400 g/mol. The van der Waals surface area contributed by atoms with Gasteiger partial charge in [0.05, 0.1) is 29.9 Å². The van der Waals surface area contributed by atoms with E-state index in [2.05, 4.69) is 21.3 Å². The van der Waals surface area contributed by atoms with Crippen LogP contribution < -0.4 is 37.2 Å². The number of aromatic nitrogens is 1. The van der Waals surface area contributed by atoms with Gasteiger partial charge in [-0.15, -0.1) is 0 Å². The van der Waals surface area contributed by atoms with Crippen molar-refractivity contribution in [3.8, 4) is 17.2 Å². The van der Waals surface area contributed by atoms with Crippen molar-refractivity contribution >= 4 is 99.4 Å². The number of cyclic esters (lactones) is 2. The van der Waals surface area contributed by atoms with Gasteiger partial charge in [0.2, 0.25) is 52.7 Å². The molecule has 99 heavy (non-hydrogen) atoms. The zero-order valence-electron chi connectivity index (χ0n) is 58.9. The monoisotopic (exact) mass is 1390 g/mol. The maximum Gasteiger partial charge on any atom is 0.329 e. The van der Waals surface area contributed by atoms with E-state index in [0.717, 1.165) is 9.80 Å². The van der Waals surface area contributed by atoms with E-state index in [1.165, 1.54) is 74.6 Å². The first-order valence-electron chi connectivity index (χ1n) is 33.3. The van der Waals surface area contributed by atoms with Crippen molar-refractivity contribution in [2.75, 3.05) is 60.1 Å². The summed E-state index contributed by atoms with van der Waals surface area (Å²) in [5, 5.41) is 11.2. The highest BCUT2D eigenvalue weighted by molar-refractivity contribution is 6.30. The fourth-order valence-electron chi connectivity index (χ4n) is 13.2. The molecule has 10 amide bonds. The van der Waals surface area contributed by atoms with E-state index in [0.29, 0.717) is 23.4 Å². The molecule has 29 nitrogen and oxygen atoms in total. The van der Waals surface area contributed by atoms with Crippen LogP contribution in [0.25, 0.3) is 22.6 Å². The van der Waals surface area contributed by atoms with Gasteiger partial charge >= 0.3 is 11.9 Å². The number of carbonyl (C=O) groups excluding carboxylic acids is 12. The molecule has 6 N–H and O–H groups in total. The lowest BCUT2D eigenvalue weighted by Gasteiger charge is -2.36. The van der Waals surface area contributed by atoms with E-state index in [9.17, 15) is 43.2 Å². The summed E-state index contributed by atoms with van der Waals surface area (Å²) in [6.07, 6.45) is -1.83. The van der Waals surface area contributed by atoms with Gasteiger partial charge in [-0.05, 0) is 101 Å². The van der Waals surface area contributed by atoms with Gasteiger partial charge in [-0.3, -0.25) is 52.7 Å². The summed E-state index contributed by atoms with van der Waals surface area (Å²) in [5.74, 6) is -12.9. The molecule has 2 aromatic carbocycles. The van der Waals surface area contributed by atoms with Gasteiger partial charge in [-0.1, -0.05) is 79.1 Å². The quantitative estimate of drug-likeness (QED) is 0.0818. The molecule has 0 radical (unpaired) electrons. The van der Waals surface area contributed by atoms with Crippen molar-refractivity contribution in [1.82, 2.24) is 55.7 Å². The Hall–Kier alpha value is -9.41. The van der Waals surface area contributed by atoms with Gasteiger partial charge in [0, 0.05) is 57.4 Å². The zero-order valence-corrected chi connectivity index (χ0v) is 59.6. The Balaban J connectivity index is 1.28. The lowest BCUT2D eigenvalue weighted by Crippen LogP contribution is -2.61. The number of nitrogens with two attached hydrogens (primary N) is 1. The van der Waals surface area contributed by atoms with Crippen LogP contribution in [0.2, 0.25) is 5.02 Å². The number of carbonyl (C=O) groups is 12. The van der Waals surface area contributed by atoms with Gasteiger partial charge in [-0.2, -0.15) is 0 Å². The summed E-state index contributed by atoms with van der Waals surface area (Å²) in [6, 6.07) is -3.09. The number of anilines is 1. The first-order chi connectivity index (χ1) is 46.5. The molecule has 8 rings (SSSR count).